The lowest BCUT2D eigenvalue weighted by Crippen LogP contribution is -2.37. The molecule has 0 saturated heterocycles. The fraction of sp³-hybridized carbons (Fsp3) is 0.417. The van der Waals surface area contributed by atoms with Crippen molar-refractivity contribution in [1.82, 2.24) is 0 Å². The zero-order valence-electron chi connectivity index (χ0n) is 9.73. The maximum atomic E-state index is 12.1. The maximum Gasteiger partial charge on any atom is 0.181 e. The molecule has 1 aromatic rings. The Morgan fingerprint density at radius 3 is 2.56 bits per heavy atom. The number of carbonyl (C=O) groups excluding carboxylic acids is 1. The molecule has 0 saturated carbocycles. The van der Waals surface area contributed by atoms with Gasteiger partial charge in [-0.3, -0.25) is 4.79 Å². The first-order chi connectivity index (χ1) is 7.49. The molecule has 4 nitrogen and oxygen atoms in total. The third-order valence-electron chi connectivity index (χ3n) is 2.97. The van der Waals surface area contributed by atoms with Gasteiger partial charge in [-0.1, -0.05) is 26.3 Å². The van der Waals surface area contributed by atoms with Gasteiger partial charge in [-0.15, -0.1) is 0 Å². The molecule has 4 heteroatoms. The lowest BCUT2D eigenvalue weighted by molar-refractivity contribution is 0.0936. The number of nitrogens with two attached hydrogens (primary N) is 3. The molecule has 0 radical (unpaired) electrons. The number of para-hydroxylation sites is 1. The number of anilines is 2. The number of hydrogen-bond acceptors (Lipinski definition) is 4. The van der Waals surface area contributed by atoms with Crippen LogP contribution in [0.15, 0.2) is 18.2 Å². The van der Waals surface area contributed by atoms with Gasteiger partial charge in [0.25, 0.3) is 0 Å². The summed E-state index contributed by atoms with van der Waals surface area (Å²) in [5, 5.41) is 0. The second-order valence-electron chi connectivity index (χ2n) is 4.08. The normalized spacial score (nSPS) is 14.4. The van der Waals surface area contributed by atoms with Crippen LogP contribution in [0.5, 0.6) is 0 Å². The third-order valence-corrected chi connectivity index (χ3v) is 2.97. The molecule has 2 unspecified atom stereocenters. The number of ketones is 1. The average Bonchev–Trinajstić information content (AvgIpc) is 2.29. The Kier molecular flexibility index (Phi) is 3.90. The quantitative estimate of drug-likeness (QED) is 0.529. The standard InChI is InChI=1S/C12H19N3O/c1-3-7(2)10(14)12(16)8-5-4-6-9(13)11(8)15/h4-7,10H,3,13-15H2,1-2H3. The Morgan fingerprint density at radius 1 is 1.38 bits per heavy atom. The molecule has 0 heterocycles. The van der Waals surface area contributed by atoms with Gasteiger partial charge in [0.15, 0.2) is 5.78 Å². The van der Waals surface area contributed by atoms with E-state index in [-0.39, 0.29) is 11.7 Å². The highest BCUT2D eigenvalue weighted by Crippen LogP contribution is 2.22. The molecule has 0 aliphatic rings. The van der Waals surface area contributed by atoms with Crippen molar-refractivity contribution < 1.29 is 4.79 Å². The number of Topliss-reactive ketones (excluding diaryl/α,β-unsaturated/α-hetero) is 1. The lowest BCUT2D eigenvalue weighted by atomic mass is 9.92. The van der Waals surface area contributed by atoms with Crippen molar-refractivity contribution in [1.29, 1.82) is 0 Å². The van der Waals surface area contributed by atoms with Crippen molar-refractivity contribution in [2.75, 3.05) is 11.5 Å². The molecule has 0 spiro atoms. The predicted molar refractivity (Wildman–Crippen MR) is 67.0 cm³/mol. The van der Waals surface area contributed by atoms with Crippen LogP contribution in [0.2, 0.25) is 0 Å². The van der Waals surface area contributed by atoms with Crippen molar-refractivity contribution in [3.8, 4) is 0 Å². The van der Waals surface area contributed by atoms with Gasteiger partial charge in [-0.2, -0.15) is 0 Å². The zero-order chi connectivity index (χ0) is 12.3. The Hall–Kier alpha value is -1.55. The monoisotopic (exact) mass is 221 g/mol. The summed E-state index contributed by atoms with van der Waals surface area (Å²) in [5.74, 6) is -0.00696. The summed E-state index contributed by atoms with van der Waals surface area (Å²) in [4.78, 5) is 12.1. The van der Waals surface area contributed by atoms with E-state index < -0.39 is 6.04 Å². The minimum absolute atomic E-state index is 0.133. The molecule has 0 amide bonds. The second kappa shape index (κ2) is 4.99. The molecule has 0 bridgehead atoms. The first kappa shape index (κ1) is 12.5. The van der Waals surface area contributed by atoms with Crippen LogP contribution in [-0.4, -0.2) is 11.8 Å². The average molecular weight is 221 g/mol. The van der Waals surface area contributed by atoms with Crippen molar-refractivity contribution in [2.45, 2.75) is 26.3 Å². The van der Waals surface area contributed by atoms with E-state index in [4.69, 9.17) is 17.2 Å². The van der Waals surface area contributed by atoms with E-state index in [1.165, 1.54) is 0 Å². The molecule has 0 aliphatic carbocycles. The van der Waals surface area contributed by atoms with Crippen LogP contribution in [0.4, 0.5) is 11.4 Å². The van der Waals surface area contributed by atoms with E-state index in [1.807, 2.05) is 13.8 Å². The van der Waals surface area contributed by atoms with Crippen LogP contribution in [-0.2, 0) is 0 Å². The number of rotatable bonds is 4. The first-order valence-corrected chi connectivity index (χ1v) is 5.42. The maximum absolute atomic E-state index is 12.1. The van der Waals surface area contributed by atoms with Gasteiger partial charge in [0, 0.05) is 5.56 Å². The third kappa shape index (κ3) is 2.33. The van der Waals surface area contributed by atoms with Crippen LogP contribution >= 0.6 is 0 Å². The van der Waals surface area contributed by atoms with Crippen LogP contribution in [0.3, 0.4) is 0 Å². The summed E-state index contributed by atoms with van der Waals surface area (Å²) in [5.41, 5.74) is 18.5. The van der Waals surface area contributed by atoms with E-state index in [0.717, 1.165) is 6.42 Å². The summed E-state index contributed by atoms with van der Waals surface area (Å²) < 4.78 is 0. The van der Waals surface area contributed by atoms with Crippen LogP contribution < -0.4 is 17.2 Å². The fourth-order valence-electron chi connectivity index (χ4n) is 1.49. The minimum atomic E-state index is -0.519. The smallest absolute Gasteiger partial charge is 0.181 e. The van der Waals surface area contributed by atoms with E-state index >= 15 is 0 Å². The molecule has 1 aromatic carbocycles. The van der Waals surface area contributed by atoms with Gasteiger partial charge in [0.1, 0.15) is 0 Å². The van der Waals surface area contributed by atoms with Gasteiger partial charge >= 0.3 is 0 Å². The molecule has 88 valence electrons. The van der Waals surface area contributed by atoms with E-state index in [0.29, 0.717) is 16.9 Å². The molecule has 0 aliphatic heterocycles. The molecule has 0 fully saturated rings. The first-order valence-electron chi connectivity index (χ1n) is 5.42. The van der Waals surface area contributed by atoms with Gasteiger partial charge in [0.05, 0.1) is 17.4 Å². The Bertz CT molecular complexity index is 390. The molecule has 16 heavy (non-hydrogen) atoms. The highest BCUT2D eigenvalue weighted by Gasteiger charge is 2.22. The number of nitrogen functional groups attached to an aromatic ring is 2. The number of hydrogen-bond donors (Lipinski definition) is 3. The summed E-state index contributed by atoms with van der Waals surface area (Å²) in [7, 11) is 0. The highest BCUT2D eigenvalue weighted by molar-refractivity contribution is 6.06. The molecular formula is C12H19N3O. The topological polar surface area (TPSA) is 95.1 Å². The van der Waals surface area contributed by atoms with Crippen LogP contribution in [0, 0.1) is 5.92 Å². The fourth-order valence-corrected chi connectivity index (χ4v) is 1.49. The minimum Gasteiger partial charge on any atom is -0.397 e. The molecule has 6 N–H and O–H groups in total. The zero-order valence-corrected chi connectivity index (χ0v) is 9.73. The number of carbonyl (C=O) groups is 1. The van der Waals surface area contributed by atoms with Gasteiger partial charge in [-0.25, -0.2) is 0 Å². The van der Waals surface area contributed by atoms with Gasteiger partial charge in [0.2, 0.25) is 0 Å². The molecule has 0 aromatic heterocycles. The van der Waals surface area contributed by atoms with E-state index in [2.05, 4.69) is 0 Å². The Balaban J connectivity index is 3.01. The van der Waals surface area contributed by atoms with Crippen molar-refractivity contribution >= 4 is 17.2 Å². The second-order valence-corrected chi connectivity index (χ2v) is 4.08. The SMILES string of the molecule is CCC(C)C(N)C(=O)c1cccc(N)c1N. The largest absolute Gasteiger partial charge is 0.397 e. The summed E-state index contributed by atoms with van der Waals surface area (Å²) in [6, 6.07) is 4.52. The van der Waals surface area contributed by atoms with Crippen molar-refractivity contribution in [3.63, 3.8) is 0 Å². The Morgan fingerprint density at radius 2 is 2.00 bits per heavy atom. The van der Waals surface area contributed by atoms with Crippen LogP contribution in [0.25, 0.3) is 0 Å². The van der Waals surface area contributed by atoms with Gasteiger partial charge in [-0.05, 0) is 18.1 Å². The predicted octanol–water partition coefficient (Wildman–Crippen LogP) is 1.41. The van der Waals surface area contributed by atoms with Crippen LogP contribution in [0.1, 0.15) is 30.6 Å². The van der Waals surface area contributed by atoms with E-state index in [1.54, 1.807) is 18.2 Å². The molecular weight excluding hydrogens is 202 g/mol. The lowest BCUT2D eigenvalue weighted by Gasteiger charge is -2.18. The Labute approximate surface area is 95.8 Å². The van der Waals surface area contributed by atoms with E-state index in [9.17, 15) is 4.79 Å². The summed E-state index contributed by atoms with van der Waals surface area (Å²) in [6.45, 7) is 3.95. The highest BCUT2D eigenvalue weighted by atomic mass is 16.1. The molecule has 1 rings (SSSR count). The van der Waals surface area contributed by atoms with Crippen molar-refractivity contribution in [2.24, 2.45) is 11.7 Å². The van der Waals surface area contributed by atoms with Crippen molar-refractivity contribution in [3.05, 3.63) is 23.8 Å². The summed E-state index contributed by atoms with van der Waals surface area (Å²) in [6.07, 6.45) is 0.856. The number of benzene rings is 1. The molecule has 2 atom stereocenters. The summed E-state index contributed by atoms with van der Waals surface area (Å²) >= 11 is 0. The van der Waals surface area contributed by atoms with Gasteiger partial charge < -0.3 is 17.2 Å².